The Morgan fingerprint density at radius 1 is 1.03 bits per heavy atom. The van der Waals surface area contributed by atoms with Gasteiger partial charge in [0.05, 0.1) is 24.7 Å². The lowest BCUT2D eigenvalue weighted by Gasteiger charge is -2.08. The van der Waals surface area contributed by atoms with Crippen molar-refractivity contribution in [3.05, 3.63) is 84.6 Å². The first-order chi connectivity index (χ1) is 16.2. The first-order valence-electron chi connectivity index (χ1n) is 10.2. The number of nitrogens with one attached hydrogen (secondary N) is 1. The summed E-state index contributed by atoms with van der Waals surface area (Å²) in [5, 5.41) is 11.1. The lowest BCUT2D eigenvalue weighted by Crippen LogP contribution is -2.08. The summed E-state index contributed by atoms with van der Waals surface area (Å²) in [5.74, 6) is 1.93. The number of hydrogen-bond donors (Lipinski definition) is 1. The maximum atomic E-state index is 12.3. The molecule has 8 heteroatoms. The Morgan fingerprint density at radius 3 is 2.61 bits per heavy atom. The molecule has 4 aromatic rings. The highest BCUT2D eigenvalue weighted by atomic mass is 16.7. The zero-order valence-corrected chi connectivity index (χ0v) is 17.8. The van der Waals surface area contributed by atoms with E-state index >= 15 is 0 Å². The third-order valence-electron chi connectivity index (χ3n) is 5.14. The quantitative estimate of drug-likeness (QED) is 0.449. The van der Waals surface area contributed by atoms with Crippen molar-refractivity contribution in [2.75, 3.05) is 19.2 Å². The summed E-state index contributed by atoms with van der Waals surface area (Å²) in [6.45, 7) is 0.217. The Bertz CT molecular complexity index is 1310. The van der Waals surface area contributed by atoms with Crippen molar-refractivity contribution in [1.82, 2.24) is 15.0 Å². The maximum Gasteiger partial charge on any atom is 0.248 e. The van der Waals surface area contributed by atoms with E-state index in [0.29, 0.717) is 17.2 Å². The molecule has 0 saturated carbocycles. The third kappa shape index (κ3) is 4.40. The fourth-order valence-electron chi connectivity index (χ4n) is 3.44. The van der Waals surface area contributed by atoms with Crippen molar-refractivity contribution >= 4 is 17.7 Å². The predicted octanol–water partition coefficient (Wildman–Crippen LogP) is 4.32. The van der Waals surface area contributed by atoms with E-state index in [9.17, 15) is 4.79 Å². The molecule has 0 fully saturated rings. The highest BCUT2D eigenvalue weighted by Crippen LogP contribution is 2.32. The van der Waals surface area contributed by atoms with E-state index in [1.54, 1.807) is 24.1 Å². The van der Waals surface area contributed by atoms with Crippen molar-refractivity contribution in [2.24, 2.45) is 0 Å². The lowest BCUT2D eigenvalue weighted by molar-refractivity contribution is -0.111. The van der Waals surface area contributed by atoms with Gasteiger partial charge in [-0.2, -0.15) is 0 Å². The SMILES string of the molecule is COc1ccc(-c2cnnn2-c2ccc(NC(=O)C=Cc3ccc4c(c3)OCO4)cc2)cc1. The number of benzene rings is 3. The van der Waals surface area contributed by atoms with Crippen LogP contribution in [0, 0.1) is 0 Å². The molecule has 5 rings (SSSR count). The molecule has 0 atom stereocenters. The molecule has 1 aliphatic rings. The first kappa shape index (κ1) is 20.3. The molecule has 33 heavy (non-hydrogen) atoms. The molecule has 1 aromatic heterocycles. The second kappa shape index (κ2) is 8.88. The molecule has 0 aliphatic carbocycles. The van der Waals surface area contributed by atoms with Crippen LogP contribution in [0.4, 0.5) is 5.69 Å². The number of carbonyl (C=O) groups is 1. The fraction of sp³-hybridized carbons (Fsp3) is 0.0800. The maximum absolute atomic E-state index is 12.3. The Morgan fingerprint density at radius 2 is 1.82 bits per heavy atom. The van der Waals surface area contributed by atoms with E-state index in [0.717, 1.165) is 28.3 Å². The molecule has 0 radical (unpaired) electrons. The zero-order chi connectivity index (χ0) is 22.6. The minimum absolute atomic E-state index is 0.217. The summed E-state index contributed by atoms with van der Waals surface area (Å²) in [5.41, 5.74) is 4.16. The number of aromatic nitrogens is 3. The summed E-state index contributed by atoms with van der Waals surface area (Å²) < 4.78 is 17.6. The molecule has 1 N–H and O–H groups in total. The molecule has 8 nitrogen and oxygen atoms in total. The van der Waals surface area contributed by atoms with Crippen LogP contribution in [-0.2, 0) is 4.79 Å². The number of carbonyl (C=O) groups excluding carboxylic acids is 1. The summed E-state index contributed by atoms with van der Waals surface area (Å²) in [4.78, 5) is 12.3. The minimum atomic E-state index is -0.236. The van der Waals surface area contributed by atoms with E-state index in [1.165, 1.54) is 6.08 Å². The van der Waals surface area contributed by atoms with Gasteiger partial charge in [0.1, 0.15) is 5.75 Å². The van der Waals surface area contributed by atoms with Gasteiger partial charge >= 0.3 is 0 Å². The van der Waals surface area contributed by atoms with Crippen molar-refractivity contribution in [1.29, 1.82) is 0 Å². The fourth-order valence-corrected chi connectivity index (χ4v) is 3.44. The molecular formula is C25H20N4O4. The second-order valence-corrected chi connectivity index (χ2v) is 7.24. The number of fused-ring (bicyclic) bond motifs is 1. The van der Waals surface area contributed by atoms with Crippen molar-refractivity contribution < 1.29 is 19.0 Å². The standard InChI is InChI=1S/C25H20N4O4/c1-31-21-10-4-18(5-11-21)22-15-26-28-29(22)20-8-6-19(7-9-20)27-25(30)13-3-17-2-12-23-24(14-17)33-16-32-23/h2-15H,16H2,1H3,(H,27,30). The molecule has 1 amide bonds. The minimum Gasteiger partial charge on any atom is -0.497 e. The van der Waals surface area contributed by atoms with E-state index in [2.05, 4.69) is 15.6 Å². The number of methoxy groups -OCH3 is 1. The molecule has 0 spiro atoms. The van der Waals surface area contributed by atoms with Gasteiger partial charge in [0.2, 0.25) is 12.7 Å². The molecule has 0 unspecified atom stereocenters. The zero-order valence-electron chi connectivity index (χ0n) is 17.8. The number of ether oxygens (including phenoxy) is 3. The van der Waals surface area contributed by atoms with Crippen molar-refractivity contribution in [3.63, 3.8) is 0 Å². The highest BCUT2D eigenvalue weighted by Gasteiger charge is 2.12. The Kier molecular flexibility index (Phi) is 5.47. The van der Waals surface area contributed by atoms with Crippen LogP contribution in [0.1, 0.15) is 5.56 Å². The van der Waals surface area contributed by atoms with Crippen LogP contribution >= 0.6 is 0 Å². The average Bonchev–Trinajstić information content (AvgIpc) is 3.53. The van der Waals surface area contributed by atoms with E-state index < -0.39 is 0 Å². The Labute approximate surface area is 190 Å². The van der Waals surface area contributed by atoms with Crippen LogP contribution in [0.5, 0.6) is 17.2 Å². The van der Waals surface area contributed by atoms with Gasteiger partial charge in [-0.25, -0.2) is 4.68 Å². The Hall–Kier alpha value is -4.59. The number of nitrogens with zero attached hydrogens (tertiary/aromatic N) is 3. The van der Waals surface area contributed by atoms with Gasteiger partial charge in [-0.3, -0.25) is 4.79 Å². The summed E-state index contributed by atoms with van der Waals surface area (Å²) >= 11 is 0. The summed E-state index contributed by atoms with van der Waals surface area (Å²) in [6, 6.07) is 20.6. The van der Waals surface area contributed by atoms with Gasteiger partial charge in [-0.15, -0.1) is 5.10 Å². The van der Waals surface area contributed by atoms with Crippen LogP contribution in [0.25, 0.3) is 23.0 Å². The van der Waals surface area contributed by atoms with Gasteiger partial charge in [0.25, 0.3) is 0 Å². The van der Waals surface area contributed by atoms with Crippen LogP contribution in [0.2, 0.25) is 0 Å². The molecule has 0 bridgehead atoms. The van der Waals surface area contributed by atoms with Gasteiger partial charge in [0.15, 0.2) is 11.5 Å². The van der Waals surface area contributed by atoms with Gasteiger partial charge in [0, 0.05) is 17.3 Å². The highest BCUT2D eigenvalue weighted by molar-refractivity contribution is 6.02. The third-order valence-corrected chi connectivity index (χ3v) is 5.14. The van der Waals surface area contributed by atoms with E-state index in [1.807, 2.05) is 66.7 Å². The average molecular weight is 440 g/mol. The van der Waals surface area contributed by atoms with Crippen molar-refractivity contribution in [2.45, 2.75) is 0 Å². The largest absolute Gasteiger partial charge is 0.497 e. The van der Waals surface area contributed by atoms with Crippen LogP contribution in [0.15, 0.2) is 79.0 Å². The van der Waals surface area contributed by atoms with Gasteiger partial charge in [-0.05, 0) is 72.3 Å². The molecule has 164 valence electrons. The monoisotopic (exact) mass is 440 g/mol. The Balaban J connectivity index is 1.26. The van der Waals surface area contributed by atoms with E-state index in [-0.39, 0.29) is 12.7 Å². The molecule has 0 saturated heterocycles. The number of anilines is 1. The topological polar surface area (TPSA) is 87.5 Å². The molecule has 1 aliphatic heterocycles. The molecule has 2 heterocycles. The number of hydrogen-bond acceptors (Lipinski definition) is 6. The van der Waals surface area contributed by atoms with Gasteiger partial charge < -0.3 is 19.5 Å². The van der Waals surface area contributed by atoms with Crippen LogP contribution in [0.3, 0.4) is 0 Å². The van der Waals surface area contributed by atoms with Crippen LogP contribution in [-0.4, -0.2) is 34.8 Å². The lowest BCUT2D eigenvalue weighted by atomic mass is 10.1. The van der Waals surface area contributed by atoms with Gasteiger partial charge in [-0.1, -0.05) is 11.3 Å². The van der Waals surface area contributed by atoms with Crippen LogP contribution < -0.4 is 19.5 Å². The number of rotatable bonds is 6. The smallest absolute Gasteiger partial charge is 0.248 e. The predicted molar refractivity (Wildman–Crippen MR) is 124 cm³/mol. The van der Waals surface area contributed by atoms with Crippen molar-refractivity contribution in [3.8, 4) is 34.2 Å². The molecular weight excluding hydrogens is 420 g/mol. The normalized spacial score (nSPS) is 12.2. The number of amides is 1. The van der Waals surface area contributed by atoms with E-state index in [4.69, 9.17) is 14.2 Å². The molecule has 3 aromatic carbocycles. The second-order valence-electron chi connectivity index (χ2n) is 7.24. The summed E-state index contributed by atoms with van der Waals surface area (Å²) in [7, 11) is 1.63. The summed E-state index contributed by atoms with van der Waals surface area (Å²) in [6.07, 6.45) is 4.91. The first-order valence-corrected chi connectivity index (χ1v) is 10.2.